The van der Waals surface area contributed by atoms with Crippen molar-refractivity contribution >= 4 is 23.2 Å². The van der Waals surface area contributed by atoms with Crippen molar-refractivity contribution in [2.75, 3.05) is 5.73 Å². The first-order valence-corrected chi connectivity index (χ1v) is 7.21. The van der Waals surface area contributed by atoms with Gasteiger partial charge in [0.2, 0.25) is 0 Å². The lowest BCUT2D eigenvalue weighted by Crippen LogP contribution is -2.42. The highest BCUT2D eigenvalue weighted by Gasteiger charge is 2.27. The summed E-state index contributed by atoms with van der Waals surface area (Å²) in [6.45, 7) is 4.46. The Labute approximate surface area is 119 Å². The van der Waals surface area contributed by atoms with Gasteiger partial charge in [0.25, 0.3) is 5.91 Å². The Morgan fingerprint density at radius 2 is 2.11 bits per heavy atom. The number of carbonyl (C=O) groups is 1. The molecule has 1 amide bonds. The Balaban J connectivity index is 2.09. The van der Waals surface area contributed by atoms with Gasteiger partial charge in [0.15, 0.2) is 0 Å². The highest BCUT2D eigenvalue weighted by Crippen LogP contribution is 2.29. The van der Waals surface area contributed by atoms with Gasteiger partial charge in [-0.15, -0.1) is 0 Å². The van der Waals surface area contributed by atoms with Crippen LogP contribution in [0.4, 0.5) is 5.69 Å². The van der Waals surface area contributed by atoms with Crippen molar-refractivity contribution in [1.82, 2.24) is 5.32 Å². The van der Waals surface area contributed by atoms with Gasteiger partial charge < -0.3 is 11.1 Å². The fourth-order valence-corrected chi connectivity index (χ4v) is 3.17. The van der Waals surface area contributed by atoms with Gasteiger partial charge in [-0.3, -0.25) is 4.79 Å². The van der Waals surface area contributed by atoms with Crippen LogP contribution < -0.4 is 11.1 Å². The van der Waals surface area contributed by atoms with Crippen LogP contribution in [-0.4, -0.2) is 11.9 Å². The van der Waals surface area contributed by atoms with E-state index < -0.39 is 0 Å². The van der Waals surface area contributed by atoms with Crippen LogP contribution in [0.2, 0.25) is 5.02 Å². The second kappa shape index (κ2) is 5.83. The minimum absolute atomic E-state index is 0.158. The first kappa shape index (κ1) is 14.2. The molecule has 1 saturated carbocycles. The molecule has 0 aromatic heterocycles. The Morgan fingerprint density at radius 3 is 2.74 bits per heavy atom. The lowest BCUT2D eigenvalue weighted by molar-refractivity contribution is 0.0900. The van der Waals surface area contributed by atoms with Crippen molar-refractivity contribution < 1.29 is 4.79 Å². The number of nitrogen functional groups attached to an aromatic ring is 1. The van der Waals surface area contributed by atoms with E-state index in [-0.39, 0.29) is 11.9 Å². The molecule has 19 heavy (non-hydrogen) atoms. The largest absolute Gasteiger partial charge is 0.398 e. The molecule has 3 atom stereocenters. The molecule has 1 fully saturated rings. The molecule has 0 spiro atoms. The lowest BCUT2D eigenvalue weighted by Gasteiger charge is -2.33. The molecule has 0 saturated heterocycles. The third-order valence-corrected chi connectivity index (χ3v) is 4.34. The second-order valence-electron chi connectivity index (χ2n) is 5.68. The van der Waals surface area contributed by atoms with Crippen LogP contribution in [-0.2, 0) is 0 Å². The second-order valence-corrected chi connectivity index (χ2v) is 6.09. The van der Waals surface area contributed by atoms with E-state index in [0.29, 0.717) is 22.2 Å². The molecular weight excluding hydrogens is 260 g/mol. The topological polar surface area (TPSA) is 55.1 Å². The summed E-state index contributed by atoms with van der Waals surface area (Å²) in [5, 5.41) is 3.50. The van der Waals surface area contributed by atoms with Gasteiger partial charge in [0, 0.05) is 11.7 Å². The fraction of sp³-hybridized carbons (Fsp3) is 0.533. The summed E-state index contributed by atoms with van der Waals surface area (Å²) >= 11 is 6.06. The zero-order chi connectivity index (χ0) is 14.0. The molecule has 0 radical (unpaired) electrons. The van der Waals surface area contributed by atoms with E-state index >= 15 is 0 Å². The van der Waals surface area contributed by atoms with Crippen LogP contribution in [0.25, 0.3) is 0 Å². The van der Waals surface area contributed by atoms with Gasteiger partial charge in [-0.1, -0.05) is 31.5 Å². The first-order chi connectivity index (χ1) is 8.99. The van der Waals surface area contributed by atoms with Gasteiger partial charge in [0.05, 0.1) is 10.6 Å². The summed E-state index contributed by atoms with van der Waals surface area (Å²) < 4.78 is 0. The van der Waals surface area contributed by atoms with E-state index in [4.69, 9.17) is 17.3 Å². The Hall–Kier alpha value is -1.22. The van der Waals surface area contributed by atoms with E-state index in [2.05, 4.69) is 19.2 Å². The summed E-state index contributed by atoms with van der Waals surface area (Å²) in [7, 11) is 0. The maximum absolute atomic E-state index is 12.3. The van der Waals surface area contributed by atoms with Gasteiger partial charge in [-0.2, -0.15) is 0 Å². The Morgan fingerprint density at radius 1 is 1.37 bits per heavy atom. The molecule has 1 aliphatic carbocycles. The lowest BCUT2D eigenvalue weighted by atomic mass is 9.80. The standard InChI is InChI=1S/C15H21ClN2O/c1-9-6-7-13(10(2)8-9)18-15(19)14-11(16)4-3-5-12(14)17/h3-5,9-10,13H,6-8,17H2,1-2H3,(H,18,19). The Kier molecular flexibility index (Phi) is 4.35. The third kappa shape index (κ3) is 3.21. The number of benzene rings is 1. The minimum atomic E-state index is -0.158. The van der Waals surface area contributed by atoms with Crippen molar-refractivity contribution in [3.63, 3.8) is 0 Å². The van der Waals surface area contributed by atoms with Crippen LogP contribution in [0, 0.1) is 11.8 Å². The number of amides is 1. The maximum atomic E-state index is 12.3. The Bertz CT molecular complexity index is 455. The van der Waals surface area contributed by atoms with Crippen molar-refractivity contribution in [2.45, 2.75) is 39.2 Å². The van der Waals surface area contributed by atoms with E-state index in [1.165, 1.54) is 0 Å². The summed E-state index contributed by atoms with van der Waals surface area (Å²) in [6.07, 6.45) is 3.34. The first-order valence-electron chi connectivity index (χ1n) is 6.84. The highest BCUT2D eigenvalue weighted by atomic mass is 35.5. The van der Waals surface area contributed by atoms with Crippen LogP contribution in [0.15, 0.2) is 18.2 Å². The monoisotopic (exact) mass is 280 g/mol. The number of nitrogens with one attached hydrogen (secondary N) is 1. The van der Waals surface area contributed by atoms with E-state index in [1.807, 2.05) is 0 Å². The van der Waals surface area contributed by atoms with Crippen LogP contribution in [0.5, 0.6) is 0 Å². The molecule has 4 heteroatoms. The number of nitrogens with two attached hydrogens (primary N) is 1. The number of rotatable bonds is 2. The quantitative estimate of drug-likeness (QED) is 0.815. The maximum Gasteiger partial charge on any atom is 0.255 e. The average molecular weight is 281 g/mol. The van der Waals surface area contributed by atoms with Gasteiger partial charge >= 0.3 is 0 Å². The summed E-state index contributed by atoms with van der Waals surface area (Å²) in [5.74, 6) is 1.08. The van der Waals surface area contributed by atoms with Crippen LogP contribution in [0.3, 0.4) is 0 Å². The number of anilines is 1. The number of carbonyl (C=O) groups excluding carboxylic acids is 1. The van der Waals surface area contributed by atoms with E-state index in [9.17, 15) is 4.79 Å². The smallest absolute Gasteiger partial charge is 0.255 e. The zero-order valence-corrected chi connectivity index (χ0v) is 12.2. The summed E-state index contributed by atoms with van der Waals surface area (Å²) in [6, 6.07) is 5.37. The summed E-state index contributed by atoms with van der Waals surface area (Å²) in [4.78, 5) is 12.3. The molecule has 104 valence electrons. The van der Waals surface area contributed by atoms with Crippen molar-refractivity contribution in [3.8, 4) is 0 Å². The van der Waals surface area contributed by atoms with Gasteiger partial charge in [-0.25, -0.2) is 0 Å². The molecule has 1 aliphatic rings. The molecular formula is C15H21ClN2O. The van der Waals surface area contributed by atoms with E-state index in [1.54, 1.807) is 18.2 Å². The van der Waals surface area contributed by atoms with Crippen LogP contribution in [0.1, 0.15) is 43.5 Å². The number of halogens is 1. The molecule has 1 aromatic rings. The molecule has 0 heterocycles. The minimum Gasteiger partial charge on any atom is -0.398 e. The summed E-state index contributed by atoms with van der Waals surface area (Å²) in [5.41, 5.74) is 6.67. The predicted molar refractivity (Wildman–Crippen MR) is 79.3 cm³/mol. The molecule has 0 bridgehead atoms. The third-order valence-electron chi connectivity index (χ3n) is 4.02. The molecule has 3 N–H and O–H groups in total. The van der Waals surface area contributed by atoms with E-state index in [0.717, 1.165) is 25.2 Å². The van der Waals surface area contributed by atoms with Crippen molar-refractivity contribution in [2.24, 2.45) is 11.8 Å². The normalized spacial score (nSPS) is 27.0. The van der Waals surface area contributed by atoms with Crippen molar-refractivity contribution in [3.05, 3.63) is 28.8 Å². The highest BCUT2D eigenvalue weighted by molar-refractivity contribution is 6.34. The zero-order valence-electron chi connectivity index (χ0n) is 11.4. The average Bonchev–Trinajstić information content (AvgIpc) is 2.32. The SMILES string of the molecule is CC1CCC(NC(=O)c2c(N)cccc2Cl)C(C)C1. The molecule has 3 nitrogen and oxygen atoms in total. The van der Waals surface area contributed by atoms with Gasteiger partial charge in [0.1, 0.15) is 0 Å². The predicted octanol–water partition coefficient (Wildman–Crippen LogP) is 3.48. The van der Waals surface area contributed by atoms with Crippen molar-refractivity contribution in [1.29, 1.82) is 0 Å². The number of hydrogen-bond acceptors (Lipinski definition) is 2. The molecule has 3 unspecified atom stereocenters. The number of hydrogen-bond donors (Lipinski definition) is 2. The van der Waals surface area contributed by atoms with Gasteiger partial charge in [-0.05, 0) is 43.2 Å². The molecule has 1 aromatic carbocycles. The molecule has 0 aliphatic heterocycles. The van der Waals surface area contributed by atoms with Crippen LogP contribution >= 0.6 is 11.6 Å². The fourth-order valence-electron chi connectivity index (χ4n) is 2.90. The molecule has 2 rings (SSSR count).